The van der Waals surface area contributed by atoms with Gasteiger partial charge in [0.2, 0.25) is 0 Å². The molecular weight excluding hydrogens is 229 g/mol. The van der Waals surface area contributed by atoms with Crippen LogP contribution in [0.2, 0.25) is 0 Å². The van der Waals surface area contributed by atoms with Crippen molar-refractivity contribution in [3.05, 3.63) is 59.9 Å². The summed E-state index contributed by atoms with van der Waals surface area (Å²) in [5.74, 6) is -0.309. The molecule has 0 aliphatic carbocycles. The first-order valence-electron chi connectivity index (χ1n) is 6.06. The molecular formula is C14H16FN3. The molecule has 1 atom stereocenters. The highest BCUT2D eigenvalue weighted by Gasteiger charge is 2.17. The topological polar surface area (TPSA) is 37.8 Å². The number of hydrogen-bond donors (Lipinski definition) is 1. The van der Waals surface area contributed by atoms with Gasteiger partial charge in [-0.2, -0.15) is 0 Å². The van der Waals surface area contributed by atoms with Gasteiger partial charge in [-0.3, -0.25) is 9.97 Å². The Labute approximate surface area is 106 Å². The van der Waals surface area contributed by atoms with E-state index in [1.807, 2.05) is 18.2 Å². The second kappa shape index (κ2) is 6.21. The Balaban J connectivity index is 2.34. The lowest BCUT2D eigenvalue weighted by molar-refractivity contribution is 0.536. The molecule has 4 heteroatoms. The lowest BCUT2D eigenvalue weighted by Gasteiger charge is -2.18. The van der Waals surface area contributed by atoms with Crippen molar-refractivity contribution in [2.75, 3.05) is 6.54 Å². The zero-order valence-corrected chi connectivity index (χ0v) is 10.3. The zero-order valence-electron chi connectivity index (χ0n) is 10.3. The lowest BCUT2D eigenvalue weighted by Crippen LogP contribution is -2.25. The second-order valence-electron chi connectivity index (χ2n) is 4.04. The third kappa shape index (κ3) is 2.90. The number of nitrogens with zero attached hydrogens (tertiary/aromatic N) is 2. The van der Waals surface area contributed by atoms with Crippen LogP contribution in [0.4, 0.5) is 4.39 Å². The molecule has 1 unspecified atom stereocenters. The van der Waals surface area contributed by atoms with Gasteiger partial charge in [0, 0.05) is 18.0 Å². The molecule has 0 radical (unpaired) electrons. The van der Waals surface area contributed by atoms with Gasteiger partial charge in [0.15, 0.2) is 0 Å². The summed E-state index contributed by atoms with van der Waals surface area (Å²) in [5.41, 5.74) is 1.40. The van der Waals surface area contributed by atoms with Gasteiger partial charge in [-0.15, -0.1) is 0 Å². The zero-order chi connectivity index (χ0) is 12.8. The predicted octanol–water partition coefficient (Wildman–Crippen LogP) is 2.70. The molecule has 1 N–H and O–H groups in total. The van der Waals surface area contributed by atoms with Crippen molar-refractivity contribution in [1.82, 2.24) is 15.3 Å². The fourth-order valence-corrected chi connectivity index (χ4v) is 1.83. The maximum atomic E-state index is 13.8. The number of aromatic nitrogens is 2. The minimum Gasteiger partial charge on any atom is -0.305 e. The molecule has 0 amide bonds. The molecule has 0 bridgehead atoms. The number of pyridine rings is 2. The van der Waals surface area contributed by atoms with Crippen LogP contribution in [-0.4, -0.2) is 16.5 Å². The molecule has 0 spiro atoms. The molecule has 0 saturated carbocycles. The van der Waals surface area contributed by atoms with Crippen LogP contribution in [0, 0.1) is 5.82 Å². The van der Waals surface area contributed by atoms with E-state index < -0.39 is 0 Å². The van der Waals surface area contributed by atoms with Crippen LogP contribution in [0.5, 0.6) is 0 Å². The van der Waals surface area contributed by atoms with E-state index in [0.717, 1.165) is 18.7 Å². The molecule has 0 aliphatic heterocycles. The first-order valence-corrected chi connectivity index (χ1v) is 6.06. The Morgan fingerprint density at radius 1 is 1.28 bits per heavy atom. The molecule has 0 saturated heterocycles. The largest absolute Gasteiger partial charge is 0.305 e. The summed E-state index contributed by atoms with van der Waals surface area (Å²) in [7, 11) is 0. The van der Waals surface area contributed by atoms with Gasteiger partial charge < -0.3 is 5.32 Å². The maximum Gasteiger partial charge on any atom is 0.146 e. The minimum atomic E-state index is -0.309. The van der Waals surface area contributed by atoms with E-state index in [1.165, 1.54) is 6.20 Å². The molecule has 2 heterocycles. The van der Waals surface area contributed by atoms with Gasteiger partial charge in [-0.05, 0) is 31.2 Å². The molecule has 2 rings (SSSR count). The van der Waals surface area contributed by atoms with Gasteiger partial charge in [0.05, 0.1) is 17.9 Å². The predicted molar refractivity (Wildman–Crippen MR) is 68.6 cm³/mol. The summed E-state index contributed by atoms with van der Waals surface area (Å²) in [4.78, 5) is 8.08. The average Bonchev–Trinajstić information content (AvgIpc) is 2.42. The molecule has 18 heavy (non-hydrogen) atoms. The summed E-state index contributed by atoms with van der Waals surface area (Å²) in [6, 6.07) is 7.12. The van der Waals surface area contributed by atoms with Gasteiger partial charge >= 0.3 is 0 Å². The summed E-state index contributed by atoms with van der Waals surface area (Å²) < 4.78 is 13.8. The fraction of sp³-hybridized carbons (Fsp3) is 0.286. The van der Waals surface area contributed by atoms with Crippen molar-refractivity contribution in [2.24, 2.45) is 0 Å². The van der Waals surface area contributed by atoms with Crippen molar-refractivity contribution in [2.45, 2.75) is 19.4 Å². The number of nitrogens with one attached hydrogen (secondary N) is 1. The molecule has 0 aromatic carbocycles. The Morgan fingerprint density at radius 2 is 2.17 bits per heavy atom. The highest BCUT2D eigenvalue weighted by atomic mass is 19.1. The molecule has 3 nitrogen and oxygen atoms in total. The summed E-state index contributed by atoms with van der Waals surface area (Å²) in [6.45, 7) is 2.88. The van der Waals surface area contributed by atoms with E-state index in [0.29, 0.717) is 5.56 Å². The number of hydrogen-bond acceptors (Lipinski definition) is 3. The fourth-order valence-electron chi connectivity index (χ4n) is 1.83. The van der Waals surface area contributed by atoms with Crippen LogP contribution in [-0.2, 0) is 0 Å². The van der Waals surface area contributed by atoms with Gasteiger partial charge in [-0.25, -0.2) is 4.39 Å². The van der Waals surface area contributed by atoms with Crippen molar-refractivity contribution in [1.29, 1.82) is 0 Å². The monoisotopic (exact) mass is 245 g/mol. The van der Waals surface area contributed by atoms with Crippen molar-refractivity contribution in [3.8, 4) is 0 Å². The van der Waals surface area contributed by atoms with Crippen molar-refractivity contribution in [3.63, 3.8) is 0 Å². The van der Waals surface area contributed by atoms with Crippen LogP contribution in [0.15, 0.2) is 42.9 Å². The summed E-state index contributed by atoms with van der Waals surface area (Å²) in [6.07, 6.45) is 5.53. The van der Waals surface area contributed by atoms with E-state index in [2.05, 4.69) is 22.2 Å². The van der Waals surface area contributed by atoms with Crippen molar-refractivity contribution >= 4 is 0 Å². The lowest BCUT2D eigenvalue weighted by atomic mass is 10.0. The van der Waals surface area contributed by atoms with E-state index in [-0.39, 0.29) is 11.9 Å². The Kier molecular flexibility index (Phi) is 4.36. The molecule has 0 fully saturated rings. The van der Waals surface area contributed by atoms with Crippen LogP contribution in [0.25, 0.3) is 0 Å². The third-order valence-corrected chi connectivity index (χ3v) is 2.70. The van der Waals surface area contributed by atoms with Crippen LogP contribution < -0.4 is 5.32 Å². The third-order valence-electron chi connectivity index (χ3n) is 2.70. The molecule has 2 aromatic heterocycles. The van der Waals surface area contributed by atoms with Crippen molar-refractivity contribution < 1.29 is 4.39 Å². The van der Waals surface area contributed by atoms with E-state index >= 15 is 0 Å². The molecule has 0 aliphatic rings. The summed E-state index contributed by atoms with van der Waals surface area (Å²) in [5, 5.41) is 3.31. The average molecular weight is 245 g/mol. The number of rotatable bonds is 5. The Bertz CT molecular complexity index is 487. The van der Waals surface area contributed by atoms with E-state index in [9.17, 15) is 4.39 Å². The van der Waals surface area contributed by atoms with Crippen LogP contribution >= 0.6 is 0 Å². The molecule has 94 valence electrons. The van der Waals surface area contributed by atoms with Gasteiger partial charge in [0.25, 0.3) is 0 Å². The van der Waals surface area contributed by atoms with Crippen LogP contribution in [0.3, 0.4) is 0 Å². The standard InChI is InChI=1S/C14H16FN3/c1-2-7-18-14(13-5-3-4-8-17-13)11-6-9-16-10-12(11)15/h3-6,8-10,14,18H,2,7H2,1H3. The Hall–Kier alpha value is -1.81. The SMILES string of the molecule is CCCNC(c1ccccn1)c1ccncc1F. The van der Waals surface area contributed by atoms with E-state index in [4.69, 9.17) is 0 Å². The van der Waals surface area contributed by atoms with Crippen LogP contribution in [0.1, 0.15) is 30.6 Å². The van der Waals surface area contributed by atoms with Gasteiger partial charge in [0.1, 0.15) is 5.82 Å². The Morgan fingerprint density at radius 3 is 2.83 bits per heavy atom. The summed E-state index contributed by atoms with van der Waals surface area (Å²) >= 11 is 0. The first kappa shape index (κ1) is 12.6. The highest BCUT2D eigenvalue weighted by molar-refractivity contribution is 5.27. The normalized spacial score (nSPS) is 12.3. The van der Waals surface area contributed by atoms with Gasteiger partial charge in [-0.1, -0.05) is 13.0 Å². The first-order chi connectivity index (χ1) is 8.83. The number of halogens is 1. The van der Waals surface area contributed by atoms with E-state index in [1.54, 1.807) is 18.5 Å². The maximum absolute atomic E-state index is 13.8. The second-order valence-corrected chi connectivity index (χ2v) is 4.04. The minimum absolute atomic E-state index is 0.228. The smallest absolute Gasteiger partial charge is 0.146 e. The quantitative estimate of drug-likeness (QED) is 0.880. The molecule has 2 aromatic rings. The highest BCUT2D eigenvalue weighted by Crippen LogP contribution is 2.22.